The van der Waals surface area contributed by atoms with Crippen LogP contribution in [-0.4, -0.2) is 44.2 Å². The summed E-state index contributed by atoms with van der Waals surface area (Å²) in [4.78, 5) is 2.69. The Hall–Kier alpha value is -0.770. The minimum Gasteiger partial charge on any atom is -0.493 e. The van der Waals surface area contributed by atoms with Gasteiger partial charge in [0.1, 0.15) is 5.75 Å². The lowest BCUT2D eigenvalue weighted by molar-refractivity contribution is 0.197. The first-order chi connectivity index (χ1) is 10.3. The van der Waals surface area contributed by atoms with Crippen LogP contribution in [0.1, 0.15) is 30.4 Å². The molecule has 0 aromatic heterocycles. The van der Waals surface area contributed by atoms with Gasteiger partial charge in [0, 0.05) is 19.5 Å². The van der Waals surface area contributed by atoms with Gasteiger partial charge >= 0.3 is 0 Å². The van der Waals surface area contributed by atoms with Crippen molar-refractivity contribution in [2.24, 2.45) is 5.41 Å². The van der Waals surface area contributed by atoms with Crippen LogP contribution in [0.4, 0.5) is 0 Å². The Kier molecular flexibility index (Phi) is 4.96. The van der Waals surface area contributed by atoms with Gasteiger partial charge in [0.05, 0.1) is 6.61 Å². The van der Waals surface area contributed by atoms with Crippen LogP contribution in [0.3, 0.4) is 0 Å². The number of benzene rings is 1. The van der Waals surface area contributed by atoms with E-state index in [1.807, 2.05) is 0 Å². The normalized spacial score (nSPS) is 23.1. The van der Waals surface area contributed by atoms with Gasteiger partial charge in [-0.3, -0.25) is 0 Å². The standard InChI is InChI=1S/C18H26N2O.ClH/c1-2-17-16(4-12-21-17)13-15(1)3-10-20-11-7-18(14-20)5-8-19-9-6-18;/h1-2,13,19H,3-12,14H2;1H. The third-order valence-corrected chi connectivity index (χ3v) is 5.65. The van der Waals surface area contributed by atoms with Gasteiger partial charge in [0.15, 0.2) is 0 Å². The molecule has 3 aliphatic heterocycles. The number of nitrogens with one attached hydrogen (secondary N) is 1. The molecule has 122 valence electrons. The Labute approximate surface area is 139 Å². The molecule has 1 spiro atoms. The van der Waals surface area contributed by atoms with Crippen molar-refractivity contribution in [1.29, 1.82) is 0 Å². The summed E-state index contributed by atoms with van der Waals surface area (Å²) in [6.07, 6.45) is 6.43. The highest BCUT2D eigenvalue weighted by atomic mass is 35.5. The molecule has 0 aliphatic carbocycles. The van der Waals surface area contributed by atoms with Crippen molar-refractivity contribution in [3.8, 4) is 5.75 Å². The zero-order valence-electron chi connectivity index (χ0n) is 13.3. The van der Waals surface area contributed by atoms with E-state index in [0.717, 1.165) is 18.8 Å². The highest BCUT2D eigenvalue weighted by Crippen LogP contribution is 2.38. The van der Waals surface area contributed by atoms with Crippen molar-refractivity contribution >= 4 is 12.4 Å². The first-order valence-electron chi connectivity index (χ1n) is 8.51. The van der Waals surface area contributed by atoms with Gasteiger partial charge in [-0.2, -0.15) is 0 Å². The lowest BCUT2D eigenvalue weighted by Crippen LogP contribution is -2.38. The third-order valence-electron chi connectivity index (χ3n) is 5.65. The molecule has 2 saturated heterocycles. The topological polar surface area (TPSA) is 24.5 Å². The first kappa shape index (κ1) is 16.1. The van der Waals surface area contributed by atoms with Crippen molar-refractivity contribution in [2.75, 3.05) is 39.3 Å². The van der Waals surface area contributed by atoms with Gasteiger partial charge in [-0.05, 0) is 67.9 Å². The van der Waals surface area contributed by atoms with E-state index in [9.17, 15) is 0 Å². The molecule has 0 atom stereocenters. The summed E-state index contributed by atoms with van der Waals surface area (Å²) in [5.74, 6) is 1.11. The van der Waals surface area contributed by atoms with Gasteiger partial charge < -0.3 is 15.0 Å². The summed E-state index contributed by atoms with van der Waals surface area (Å²) in [6.45, 7) is 7.14. The van der Waals surface area contributed by atoms with E-state index in [0.29, 0.717) is 5.41 Å². The van der Waals surface area contributed by atoms with Crippen LogP contribution in [0.5, 0.6) is 5.75 Å². The fraction of sp³-hybridized carbons (Fsp3) is 0.667. The first-order valence-corrected chi connectivity index (χ1v) is 8.51. The van der Waals surface area contributed by atoms with Gasteiger partial charge in [0.25, 0.3) is 0 Å². The van der Waals surface area contributed by atoms with Crippen LogP contribution < -0.4 is 10.1 Å². The summed E-state index contributed by atoms with van der Waals surface area (Å²) >= 11 is 0. The number of hydrogen-bond acceptors (Lipinski definition) is 3. The molecule has 3 heterocycles. The number of likely N-dealkylation sites (tertiary alicyclic amines) is 1. The lowest BCUT2D eigenvalue weighted by atomic mass is 9.78. The number of rotatable bonds is 3. The van der Waals surface area contributed by atoms with Crippen LogP contribution >= 0.6 is 12.4 Å². The van der Waals surface area contributed by atoms with E-state index in [4.69, 9.17) is 4.74 Å². The van der Waals surface area contributed by atoms with Crippen molar-refractivity contribution < 1.29 is 4.74 Å². The Morgan fingerprint density at radius 1 is 1.18 bits per heavy atom. The van der Waals surface area contributed by atoms with Crippen molar-refractivity contribution in [3.63, 3.8) is 0 Å². The number of ether oxygens (including phenoxy) is 1. The summed E-state index contributed by atoms with van der Waals surface area (Å²) in [6, 6.07) is 6.77. The van der Waals surface area contributed by atoms with Crippen LogP contribution in [0, 0.1) is 5.41 Å². The zero-order valence-corrected chi connectivity index (χ0v) is 14.1. The Morgan fingerprint density at radius 2 is 2.05 bits per heavy atom. The van der Waals surface area contributed by atoms with Crippen LogP contribution in [0.15, 0.2) is 18.2 Å². The summed E-state index contributed by atoms with van der Waals surface area (Å²) in [5, 5.41) is 3.50. The van der Waals surface area contributed by atoms with E-state index in [-0.39, 0.29) is 12.4 Å². The predicted octanol–water partition coefficient (Wildman–Crippen LogP) is 2.66. The molecule has 4 rings (SSSR count). The number of hydrogen-bond donors (Lipinski definition) is 1. The predicted molar refractivity (Wildman–Crippen MR) is 92.2 cm³/mol. The summed E-state index contributed by atoms with van der Waals surface area (Å²) in [5.41, 5.74) is 3.52. The number of nitrogens with zero attached hydrogens (tertiary/aromatic N) is 1. The molecule has 0 saturated carbocycles. The molecule has 0 amide bonds. The molecule has 1 aromatic rings. The minimum atomic E-state index is 0. The molecular weight excluding hydrogens is 296 g/mol. The van der Waals surface area contributed by atoms with Crippen molar-refractivity contribution in [3.05, 3.63) is 29.3 Å². The second kappa shape index (κ2) is 6.77. The fourth-order valence-electron chi connectivity index (χ4n) is 4.27. The summed E-state index contributed by atoms with van der Waals surface area (Å²) < 4.78 is 5.59. The van der Waals surface area contributed by atoms with E-state index >= 15 is 0 Å². The molecule has 4 heteroatoms. The second-order valence-corrected chi connectivity index (χ2v) is 7.07. The maximum Gasteiger partial charge on any atom is 0.122 e. The Morgan fingerprint density at radius 3 is 2.91 bits per heavy atom. The SMILES string of the molecule is Cl.c1cc2c(cc1CCN1CCC3(CCNCC3)C1)CCO2. The van der Waals surface area contributed by atoms with E-state index < -0.39 is 0 Å². The van der Waals surface area contributed by atoms with Crippen LogP contribution in [0.25, 0.3) is 0 Å². The van der Waals surface area contributed by atoms with E-state index in [2.05, 4.69) is 28.4 Å². The molecule has 22 heavy (non-hydrogen) atoms. The average molecular weight is 323 g/mol. The molecule has 1 aromatic carbocycles. The zero-order chi connectivity index (χ0) is 14.1. The largest absolute Gasteiger partial charge is 0.493 e. The van der Waals surface area contributed by atoms with Crippen molar-refractivity contribution in [1.82, 2.24) is 10.2 Å². The van der Waals surface area contributed by atoms with Crippen LogP contribution in [-0.2, 0) is 12.8 Å². The number of piperidine rings is 1. The molecular formula is C18H27ClN2O. The van der Waals surface area contributed by atoms with Gasteiger partial charge in [-0.25, -0.2) is 0 Å². The maximum absolute atomic E-state index is 5.59. The Balaban J connectivity index is 0.00000144. The van der Waals surface area contributed by atoms with Gasteiger partial charge in [0.2, 0.25) is 0 Å². The third kappa shape index (κ3) is 3.27. The Bertz CT molecular complexity index is 514. The van der Waals surface area contributed by atoms with E-state index in [1.165, 1.54) is 69.5 Å². The smallest absolute Gasteiger partial charge is 0.122 e. The fourth-order valence-corrected chi connectivity index (χ4v) is 4.27. The molecule has 1 N–H and O–H groups in total. The molecule has 3 aliphatic rings. The molecule has 2 fully saturated rings. The average Bonchev–Trinajstić information content (AvgIpc) is 3.13. The molecule has 0 radical (unpaired) electrons. The monoisotopic (exact) mass is 322 g/mol. The maximum atomic E-state index is 5.59. The van der Waals surface area contributed by atoms with Crippen LogP contribution in [0.2, 0.25) is 0 Å². The molecule has 0 bridgehead atoms. The molecule has 0 unspecified atom stereocenters. The van der Waals surface area contributed by atoms with Gasteiger partial charge in [-0.1, -0.05) is 12.1 Å². The van der Waals surface area contributed by atoms with E-state index in [1.54, 1.807) is 0 Å². The van der Waals surface area contributed by atoms with Crippen molar-refractivity contribution in [2.45, 2.75) is 32.1 Å². The highest BCUT2D eigenvalue weighted by Gasteiger charge is 2.38. The number of fused-ring (bicyclic) bond motifs is 1. The highest BCUT2D eigenvalue weighted by molar-refractivity contribution is 5.85. The van der Waals surface area contributed by atoms with Gasteiger partial charge in [-0.15, -0.1) is 12.4 Å². The quantitative estimate of drug-likeness (QED) is 0.926. The summed E-state index contributed by atoms with van der Waals surface area (Å²) in [7, 11) is 0. The molecule has 3 nitrogen and oxygen atoms in total. The number of halogens is 1. The second-order valence-electron chi connectivity index (χ2n) is 7.07. The minimum absolute atomic E-state index is 0. The lowest BCUT2D eigenvalue weighted by Gasteiger charge is -2.33.